The fraction of sp³-hybridized carbons (Fsp3) is 0.588. The molecule has 0 aliphatic carbocycles. The highest BCUT2D eigenvalue weighted by atomic mass is 16.5. The second-order valence-electron chi connectivity index (χ2n) is 5.82. The van der Waals surface area contributed by atoms with Crippen molar-refractivity contribution < 1.29 is 24.1 Å². The third-order valence-electron chi connectivity index (χ3n) is 4.13. The molecule has 134 valence electrons. The van der Waals surface area contributed by atoms with Crippen LogP contribution in [-0.4, -0.2) is 50.7 Å². The van der Waals surface area contributed by atoms with Crippen LogP contribution in [0.5, 0.6) is 11.5 Å². The predicted molar refractivity (Wildman–Crippen MR) is 89.5 cm³/mol. The number of nitrogens with one attached hydrogen (secondary N) is 2. The highest BCUT2D eigenvalue weighted by Gasteiger charge is 2.24. The first kappa shape index (κ1) is 18.4. The highest BCUT2D eigenvalue weighted by molar-refractivity contribution is 5.74. The van der Waals surface area contributed by atoms with E-state index < -0.39 is 6.10 Å². The Morgan fingerprint density at radius 3 is 2.83 bits per heavy atom. The van der Waals surface area contributed by atoms with Gasteiger partial charge >= 0.3 is 6.03 Å². The fourth-order valence-corrected chi connectivity index (χ4v) is 2.75. The van der Waals surface area contributed by atoms with E-state index in [1.807, 2.05) is 6.92 Å². The minimum Gasteiger partial charge on any atom is -0.497 e. The summed E-state index contributed by atoms with van der Waals surface area (Å²) in [4.78, 5) is 12.0. The molecule has 3 atom stereocenters. The van der Waals surface area contributed by atoms with E-state index in [9.17, 15) is 9.90 Å². The van der Waals surface area contributed by atoms with Crippen LogP contribution in [0.15, 0.2) is 18.2 Å². The van der Waals surface area contributed by atoms with Crippen LogP contribution in [0.3, 0.4) is 0 Å². The maximum Gasteiger partial charge on any atom is 0.315 e. The van der Waals surface area contributed by atoms with Crippen LogP contribution in [-0.2, 0) is 4.74 Å². The van der Waals surface area contributed by atoms with Gasteiger partial charge in [-0.3, -0.25) is 0 Å². The number of carbonyl (C=O) groups is 1. The third-order valence-corrected chi connectivity index (χ3v) is 4.13. The molecule has 2 amide bonds. The minimum atomic E-state index is -0.904. The quantitative estimate of drug-likeness (QED) is 0.703. The molecule has 7 heteroatoms. The van der Waals surface area contributed by atoms with Gasteiger partial charge in [-0.25, -0.2) is 4.79 Å². The topological polar surface area (TPSA) is 89.0 Å². The zero-order chi connectivity index (χ0) is 17.5. The van der Waals surface area contributed by atoms with Crippen LogP contribution in [0.2, 0.25) is 0 Å². The number of rotatable bonds is 7. The number of carbonyl (C=O) groups excluding carboxylic acids is 1. The van der Waals surface area contributed by atoms with E-state index in [2.05, 4.69) is 10.6 Å². The summed E-state index contributed by atoms with van der Waals surface area (Å²) in [5, 5.41) is 15.9. The molecule has 3 unspecified atom stereocenters. The lowest BCUT2D eigenvalue weighted by molar-refractivity contribution is 0.0856. The van der Waals surface area contributed by atoms with Crippen molar-refractivity contribution in [3.05, 3.63) is 23.8 Å². The van der Waals surface area contributed by atoms with Crippen LogP contribution in [0.1, 0.15) is 31.4 Å². The van der Waals surface area contributed by atoms with Gasteiger partial charge in [-0.05, 0) is 38.0 Å². The largest absolute Gasteiger partial charge is 0.497 e. The summed E-state index contributed by atoms with van der Waals surface area (Å²) in [7, 11) is 3.08. The second kappa shape index (κ2) is 8.75. The summed E-state index contributed by atoms with van der Waals surface area (Å²) in [6.07, 6.45) is 1.12. The normalized spacial score (nSPS) is 19.4. The van der Waals surface area contributed by atoms with Crippen molar-refractivity contribution in [1.82, 2.24) is 10.6 Å². The number of ether oxygens (including phenoxy) is 3. The van der Waals surface area contributed by atoms with Gasteiger partial charge in [0.1, 0.15) is 17.6 Å². The molecule has 1 aromatic carbocycles. The summed E-state index contributed by atoms with van der Waals surface area (Å²) in [5.41, 5.74) is 0.560. The number of hydrogen-bond donors (Lipinski definition) is 3. The first-order valence-electron chi connectivity index (χ1n) is 8.11. The molecular formula is C17H26N2O5. The van der Waals surface area contributed by atoms with Gasteiger partial charge in [-0.2, -0.15) is 0 Å². The molecule has 3 N–H and O–H groups in total. The van der Waals surface area contributed by atoms with Crippen molar-refractivity contribution in [3.63, 3.8) is 0 Å². The average molecular weight is 338 g/mol. The van der Waals surface area contributed by atoms with Crippen molar-refractivity contribution >= 4 is 6.03 Å². The molecule has 1 heterocycles. The van der Waals surface area contributed by atoms with Crippen molar-refractivity contribution in [2.45, 2.75) is 38.0 Å². The van der Waals surface area contributed by atoms with Gasteiger partial charge in [0.15, 0.2) is 0 Å². The summed E-state index contributed by atoms with van der Waals surface area (Å²) in [6.45, 7) is 2.72. The monoisotopic (exact) mass is 338 g/mol. The minimum absolute atomic E-state index is 0.0548. The number of urea groups is 1. The van der Waals surface area contributed by atoms with E-state index in [1.165, 1.54) is 7.11 Å². The molecule has 1 aromatic rings. The van der Waals surface area contributed by atoms with E-state index >= 15 is 0 Å². The summed E-state index contributed by atoms with van der Waals surface area (Å²) < 4.78 is 15.9. The molecule has 0 aromatic heterocycles. The van der Waals surface area contributed by atoms with E-state index in [4.69, 9.17) is 14.2 Å². The lowest BCUT2D eigenvalue weighted by Gasteiger charge is -2.21. The van der Waals surface area contributed by atoms with Gasteiger partial charge < -0.3 is 30.0 Å². The van der Waals surface area contributed by atoms with Crippen molar-refractivity contribution in [1.29, 1.82) is 0 Å². The van der Waals surface area contributed by atoms with Gasteiger partial charge in [0.05, 0.1) is 26.4 Å². The number of benzene rings is 1. The Kier molecular flexibility index (Phi) is 6.69. The molecule has 2 rings (SSSR count). The first-order valence-corrected chi connectivity index (χ1v) is 8.11. The van der Waals surface area contributed by atoms with Crippen LogP contribution in [0, 0.1) is 0 Å². The first-order chi connectivity index (χ1) is 11.5. The van der Waals surface area contributed by atoms with Crippen molar-refractivity contribution in [2.24, 2.45) is 0 Å². The molecular weight excluding hydrogens is 312 g/mol. The van der Waals surface area contributed by atoms with Gasteiger partial charge in [-0.15, -0.1) is 0 Å². The second-order valence-corrected chi connectivity index (χ2v) is 5.82. The van der Waals surface area contributed by atoms with Crippen LogP contribution in [0.25, 0.3) is 0 Å². The Morgan fingerprint density at radius 2 is 2.21 bits per heavy atom. The fourth-order valence-electron chi connectivity index (χ4n) is 2.75. The number of amides is 2. The maximum atomic E-state index is 12.0. The molecule has 24 heavy (non-hydrogen) atoms. The lowest BCUT2D eigenvalue weighted by Crippen LogP contribution is -2.46. The van der Waals surface area contributed by atoms with E-state index in [-0.39, 0.29) is 24.7 Å². The van der Waals surface area contributed by atoms with E-state index in [1.54, 1.807) is 25.3 Å². The zero-order valence-electron chi connectivity index (χ0n) is 14.4. The molecule has 1 saturated heterocycles. The van der Waals surface area contributed by atoms with E-state index in [0.717, 1.165) is 19.4 Å². The molecule has 7 nitrogen and oxygen atoms in total. The molecule has 0 saturated carbocycles. The molecule has 1 fully saturated rings. The Labute approximate surface area is 142 Å². The van der Waals surface area contributed by atoms with Crippen LogP contribution in [0.4, 0.5) is 4.79 Å². The molecule has 0 radical (unpaired) electrons. The Bertz CT molecular complexity index is 546. The van der Waals surface area contributed by atoms with Crippen LogP contribution < -0.4 is 20.1 Å². The standard InChI is InChI=1S/C17H26N2O5/c1-11(15-5-4-8-24-15)19-17(21)18-10-14(20)13-9-12(22-2)6-7-16(13)23-3/h6-7,9,11,14-15,20H,4-5,8,10H2,1-3H3,(H2,18,19,21). The number of methoxy groups -OCH3 is 2. The van der Waals surface area contributed by atoms with Gasteiger partial charge in [0.2, 0.25) is 0 Å². The number of hydrogen-bond acceptors (Lipinski definition) is 5. The zero-order valence-corrected chi connectivity index (χ0v) is 14.4. The Morgan fingerprint density at radius 1 is 1.42 bits per heavy atom. The molecule has 1 aliphatic rings. The molecule has 0 spiro atoms. The van der Waals surface area contributed by atoms with Crippen molar-refractivity contribution in [3.8, 4) is 11.5 Å². The maximum absolute atomic E-state index is 12.0. The van der Waals surface area contributed by atoms with Gasteiger partial charge in [-0.1, -0.05) is 0 Å². The highest BCUT2D eigenvalue weighted by Crippen LogP contribution is 2.29. The van der Waals surface area contributed by atoms with Gasteiger partial charge in [0.25, 0.3) is 0 Å². The smallest absolute Gasteiger partial charge is 0.315 e. The van der Waals surface area contributed by atoms with Crippen LogP contribution >= 0.6 is 0 Å². The average Bonchev–Trinajstić information content (AvgIpc) is 3.13. The Hall–Kier alpha value is -1.99. The number of aliphatic hydroxyl groups is 1. The third kappa shape index (κ3) is 4.75. The van der Waals surface area contributed by atoms with Gasteiger partial charge in [0, 0.05) is 18.7 Å². The molecule has 1 aliphatic heterocycles. The summed E-state index contributed by atoms with van der Waals surface area (Å²) in [6, 6.07) is 4.75. The SMILES string of the molecule is COc1ccc(OC)c(C(O)CNC(=O)NC(C)C2CCCO2)c1. The summed E-state index contributed by atoms with van der Waals surface area (Å²) in [5.74, 6) is 1.15. The molecule has 0 bridgehead atoms. The summed E-state index contributed by atoms with van der Waals surface area (Å²) >= 11 is 0. The lowest BCUT2D eigenvalue weighted by atomic mass is 10.1. The van der Waals surface area contributed by atoms with E-state index in [0.29, 0.717) is 17.1 Å². The van der Waals surface area contributed by atoms with Crippen molar-refractivity contribution in [2.75, 3.05) is 27.4 Å². The number of aliphatic hydroxyl groups excluding tert-OH is 1. The Balaban J connectivity index is 1.87. The predicted octanol–water partition coefficient (Wildman–Crippen LogP) is 1.60.